The molecule has 0 radical (unpaired) electrons. The number of benzene rings is 2. The summed E-state index contributed by atoms with van der Waals surface area (Å²) >= 11 is 5.89. The lowest BCUT2D eigenvalue weighted by atomic mass is 9.97. The van der Waals surface area contributed by atoms with Gasteiger partial charge in [0.25, 0.3) is 11.5 Å². The standard InChI is InChI=1S/C20H13ClF3N3O3.C4H9NO2/c21-14-7-3-12(4-8-14)17(11-1-5-13(6-2-11)20(22,23)24)27-19(30)15-9-25-16(10-28)26-18(15)29;1-5-3-2-4(6)7/h1-10,17H,(H,27,30)(H,25,26,29);5H,2-3H2,1H3,(H,6,7). The van der Waals surface area contributed by atoms with E-state index in [1.807, 2.05) is 0 Å². The molecular weight excluding hydrogens is 517 g/mol. The first-order valence-corrected chi connectivity index (χ1v) is 11.0. The molecule has 0 aliphatic heterocycles. The minimum Gasteiger partial charge on any atom is -0.481 e. The number of nitrogens with one attached hydrogen (secondary N) is 3. The molecule has 13 heteroatoms. The molecule has 9 nitrogen and oxygen atoms in total. The van der Waals surface area contributed by atoms with Crippen molar-refractivity contribution in [3.63, 3.8) is 0 Å². The van der Waals surface area contributed by atoms with E-state index in [0.29, 0.717) is 29.0 Å². The number of carboxylic acids is 1. The van der Waals surface area contributed by atoms with Gasteiger partial charge < -0.3 is 20.7 Å². The minimum atomic E-state index is -4.50. The Balaban J connectivity index is 0.000000604. The van der Waals surface area contributed by atoms with Crippen molar-refractivity contribution < 1.29 is 32.7 Å². The van der Waals surface area contributed by atoms with Crippen molar-refractivity contribution in [3.05, 3.63) is 98.2 Å². The summed E-state index contributed by atoms with van der Waals surface area (Å²) in [6.07, 6.45) is -3.03. The third-order valence-corrected chi connectivity index (χ3v) is 5.07. The van der Waals surface area contributed by atoms with Gasteiger partial charge in [0.2, 0.25) is 0 Å². The largest absolute Gasteiger partial charge is 0.481 e. The number of hydrogen-bond donors (Lipinski definition) is 4. The Kier molecular flexibility index (Phi) is 10.5. The Hall–Kier alpha value is -4.03. The average molecular weight is 539 g/mol. The molecule has 4 N–H and O–H groups in total. The molecular formula is C24H22ClF3N4O5. The lowest BCUT2D eigenvalue weighted by Gasteiger charge is -2.20. The van der Waals surface area contributed by atoms with E-state index >= 15 is 0 Å². The number of amides is 1. The highest BCUT2D eigenvalue weighted by Gasteiger charge is 2.30. The van der Waals surface area contributed by atoms with Crippen molar-refractivity contribution in [2.24, 2.45) is 0 Å². The molecule has 1 amide bonds. The Labute approximate surface area is 213 Å². The Morgan fingerprint density at radius 3 is 2.11 bits per heavy atom. The predicted octanol–water partition coefficient (Wildman–Crippen LogP) is 3.45. The van der Waals surface area contributed by atoms with Crippen molar-refractivity contribution in [1.29, 1.82) is 0 Å². The van der Waals surface area contributed by atoms with Crippen LogP contribution >= 0.6 is 11.6 Å². The van der Waals surface area contributed by atoms with Crippen LogP contribution in [0.3, 0.4) is 0 Å². The summed E-state index contributed by atoms with van der Waals surface area (Å²) < 4.78 is 38.6. The van der Waals surface area contributed by atoms with E-state index in [9.17, 15) is 32.3 Å². The quantitative estimate of drug-likeness (QED) is 0.322. The number of alkyl halides is 3. The van der Waals surface area contributed by atoms with Crippen LogP contribution in [0, 0.1) is 0 Å². The second-order valence-electron chi connectivity index (χ2n) is 7.45. The van der Waals surface area contributed by atoms with Crippen LogP contribution in [-0.2, 0) is 11.0 Å². The zero-order chi connectivity index (χ0) is 27.6. The van der Waals surface area contributed by atoms with Crippen LogP contribution in [0.1, 0.15) is 50.1 Å². The fourth-order valence-electron chi connectivity index (χ4n) is 2.95. The first kappa shape index (κ1) is 29.2. The maximum absolute atomic E-state index is 12.9. The number of carboxylic acid groups (broad SMARTS) is 1. The van der Waals surface area contributed by atoms with Crippen LogP contribution in [-0.4, -0.2) is 46.8 Å². The molecule has 1 aromatic heterocycles. The van der Waals surface area contributed by atoms with Gasteiger partial charge in [0.15, 0.2) is 12.1 Å². The molecule has 37 heavy (non-hydrogen) atoms. The second kappa shape index (κ2) is 13.3. The molecule has 196 valence electrons. The van der Waals surface area contributed by atoms with Gasteiger partial charge in [-0.25, -0.2) is 4.98 Å². The average Bonchev–Trinajstić information content (AvgIpc) is 2.86. The number of hydrogen-bond acceptors (Lipinski definition) is 6. The number of carbonyl (C=O) groups excluding carboxylic acids is 2. The highest BCUT2D eigenvalue weighted by molar-refractivity contribution is 6.30. The summed E-state index contributed by atoms with van der Waals surface area (Å²) in [7, 11) is 1.73. The second-order valence-corrected chi connectivity index (χ2v) is 7.89. The van der Waals surface area contributed by atoms with Crippen molar-refractivity contribution in [3.8, 4) is 0 Å². The SMILES string of the molecule is CNCCC(=O)O.O=Cc1ncc(C(=O)NC(c2ccc(Cl)cc2)c2ccc(C(F)(F)F)cc2)c(=O)[nH]1. The highest BCUT2D eigenvalue weighted by atomic mass is 35.5. The lowest BCUT2D eigenvalue weighted by molar-refractivity contribution is -0.138. The number of aromatic nitrogens is 2. The predicted molar refractivity (Wildman–Crippen MR) is 129 cm³/mol. The van der Waals surface area contributed by atoms with Gasteiger partial charge in [0.1, 0.15) is 5.56 Å². The number of rotatable bonds is 8. The summed E-state index contributed by atoms with van der Waals surface area (Å²) in [5.41, 5.74) is -1.13. The molecule has 0 bridgehead atoms. The molecule has 1 unspecified atom stereocenters. The number of aromatic amines is 1. The Morgan fingerprint density at radius 2 is 1.68 bits per heavy atom. The molecule has 0 aliphatic carbocycles. The van der Waals surface area contributed by atoms with Gasteiger partial charge in [-0.15, -0.1) is 0 Å². The third kappa shape index (κ3) is 8.85. The van der Waals surface area contributed by atoms with Crippen LogP contribution in [0.25, 0.3) is 0 Å². The number of carbonyl (C=O) groups is 3. The van der Waals surface area contributed by atoms with Crippen LogP contribution < -0.4 is 16.2 Å². The monoisotopic (exact) mass is 538 g/mol. The van der Waals surface area contributed by atoms with Crippen molar-refractivity contribution >= 4 is 29.8 Å². The van der Waals surface area contributed by atoms with Gasteiger partial charge in [-0.1, -0.05) is 35.9 Å². The molecule has 1 atom stereocenters. The van der Waals surface area contributed by atoms with E-state index in [4.69, 9.17) is 16.7 Å². The maximum atomic E-state index is 12.9. The Morgan fingerprint density at radius 1 is 1.11 bits per heavy atom. The number of aldehydes is 1. The fourth-order valence-corrected chi connectivity index (χ4v) is 3.08. The van der Waals surface area contributed by atoms with Crippen LogP contribution in [0.2, 0.25) is 5.02 Å². The first-order valence-electron chi connectivity index (χ1n) is 10.6. The fraction of sp³-hybridized carbons (Fsp3) is 0.208. The van der Waals surface area contributed by atoms with Crippen molar-refractivity contribution in [2.75, 3.05) is 13.6 Å². The molecule has 3 rings (SSSR count). The van der Waals surface area contributed by atoms with Crippen LogP contribution in [0.4, 0.5) is 13.2 Å². The van der Waals surface area contributed by atoms with Gasteiger partial charge in [0, 0.05) is 17.8 Å². The zero-order valence-electron chi connectivity index (χ0n) is 19.3. The van der Waals surface area contributed by atoms with Gasteiger partial charge in [-0.2, -0.15) is 13.2 Å². The van der Waals surface area contributed by atoms with Crippen LogP contribution in [0.5, 0.6) is 0 Å². The topological polar surface area (TPSA) is 141 Å². The van der Waals surface area contributed by atoms with Crippen molar-refractivity contribution in [1.82, 2.24) is 20.6 Å². The number of aliphatic carboxylic acids is 1. The van der Waals surface area contributed by atoms with E-state index < -0.39 is 35.2 Å². The number of halogens is 4. The van der Waals surface area contributed by atoms with E-state index in [1.165, 1.54) is 12.1 Å². The van der Waals surface area contributed by atoms with Gasteiger partial charge in [-0.05, 0) is 42.4 Å². The van der Waals surface area contributed by atoms with Gasteiger partial charge >= 0.3 is 12.1 Å². The van der Waals surface area contributed by atoms with E-state index in [-0.39, 0.29) is 17.8 Å². The van der Waals surface area contributed by atoms with Gasteiger partial charge in [0.05, 0.1) is 18.0 Å². The zero-order valence-corrected chi connectivity index (χ0v) is 20.1. The first-order chi connectivity index (χ1) is 17.5. The lowest BCUT2D eigenvalue weighted by Crippen LogP contribution is -2.34. The molecule has 0 saturated heterocycles. The van der Waals surface area contributed by atoms with E-state index in [1.54, 1.807) is 31.3 Å². The summed E-state index contributed by atoms with van der Waals surface area (Å²) in [4.78, 5) is 50.9. The molecule has 1 heterocycles. The minimum absolute atomic E-state index is 0.205. The Bertz CT molecular complexity index is 1280. The van der Waals surface area contributed by atoms with Crippen LogP contribution in [0.15, 0.2) is 59.5 Å². The molecule has 0 spiro atoms. The number of nitrogens with zero attached hydrogens (tertiary/aromatic N) is 1. The van der Waals surface area contributed by atoms with E-state index in [2.05, 4.69) is 20.6 Å². The molecule has 2 aromatic carbocycles. The van der Waals surface area contributed by atoms with Crippen molar-refractivity contribution in [2.45, 2.75) is 18.6 Å². The smallest absolute Gasteiger partial charge is 0.416 e. The maximum Gasteiger partial charge on any atom is 0.416 e. The van der Waals surface area contributed by atoms with Gasteiger partial charge in [-0.3, -0.25) is 19.2 Å². The van der Waals surface area contributed by atoms with E-state index in [0.717, 1.165) is 18.3 Å². The summed E-state index contributed by atoms with van der Waals surface area (Å²) in [6.45, 7) is 0.551. The normalized spacial score (nSPS) is 11.6. The summed E-state index contributed by atoms with van der Waals surface area (Å²) in [5, 5.41) is 13.8. The molecule has 0 saturated carbocycles. The molecule has 0 aliphatic rings. The number of H-pyrrole nitrogens is 1. The highest BCUT2D eigenvalue weighted by Crippen LogP contribution is 2.31. The molecule has 3 aromatic rings. The third-order valence-electron chi connectivity index (χ3n) is 4.81. The molecule has 0 fully saturated rings. The summed E-state index contributed by atoms with van der Waals surface area (Å²) in [6, 6.07) is 9.73. The summed E-state index contributed by atoms with van der Waals surface area (Å²) in [5.74, 6) is -1.82.